The number of carboxylic acids is 1. The lowest BCUT2D eigenvalue weighted by Crippen LogP contribution is -2.47. The Balaban J connectivity index is 2.93. The van der Waals surface area contributed by atoms with Crippen LogP contribution in [0.3, 0.4) is 0 Å². The molecule has 128 valence electrons. The summed E-state index contributed by atoms with van der Waals surface area (Å²) in [4.78, 5) is 24.0. The largest absolute Gasteiger partial charge is 0.495 e. The summed E-state index contributed by atoms with van der Waals surface area (Å²) in [6, 6.07) is 3.52. The molecular weight excluding hydrogens is 296 g/mol. The molecule has 0 aliphatic heterocycles. The molecule has 0 aliphatic rings. The van der Waals surface area contributed by atoms with Crippen molar-refractivity contribution in [1.82, 2.24) is 5.32 Å². The molecule has 1 aromatic rings. The van der Waals surface area contributed by atoms with Crippen LogP contribution in [0.5, 0.6) is 5.75 Å². The molecule has 0 spiro atoms. The predicted octanol–water partition coefficient (Wildman–Crippen LogP) is 2.33. The second-order valence-electron chi connectivity index (χ2n) is 5.97. The van der Waals surface area contributed by atoms with Crippen LogP contribution in [0.1, 0.15) is 44.0 Å². The van der Waals surface area contributed by atoms with Gasteiger partial charge >= 0.3 is 5.97 Å². The normalized spacial score (nSPS) is 13.6. The van der Waals surface area contributed by atoms with Crippen LogP contribution in [0.2, 0.25) is 0 Å². The number of carbonyl (C=O) groups is 2. The number of anilines is 1. The summed E-state index contributed by atoms with van der Waals surface area (Å²) in [5.41, 5.74) is 6.66. The quantitative estimate of drug-likeness (QED) is 0.476. The third-order valence-electron chi connectivity index (χ3n) is 3.65. The van der Waals surface area contributed by atoms with Gasteiger partial charge in [0.25, 0.3) is 0 Å². The number of hydrogen-bond donors (Lipinski definition) is 3. The van der Waals surface area contributed by atoms with Crippen LogP contribution < -0.4 is 15.8 Å². The molecule has 0 amide bonds. The maximum Gasteiger partial charge on any atom is 0.320 e. The van der Waals surface area contributed by atoms with Gasteiger partial charge in [-0.25, -0.2) is 0 Å². The van der Waals surface area contributed by atoms with Gasteiger partial charge in [0.1, 0.15) is 11.8 Å². The van der Waals surface area contributed by atoms with E-state index >= 15 is 0 Å². The smallest absolute Gasteiger partial charge is 0.320 e. The molecule has 23 heavy (non-hydrogen) atoms. The molecule has 0 heterocycles. The minimum absolute atomic E-state index is 0.170. The van der Waals surface area contributed by atoms with Gasteiger partial charge in [0.2, 0.25) is 0 Å². The molecule has 1 rings (SSSR count). The van der Waals surface area contributed by atoms with Gasteiger partial charge in [-0.05, 0) is 37.0 Å². The van der Waals surface area contributed by atoms with Crippen LogP contribution in [0.25, 0.3) is 0 Å². The van der Waals surface area contributed by atoms with Gasteiger partial charge in [0.05, 0.1) is 18.8 Å². The average molecular weight is 322 g/mol. The molecule has 0 saturated carbocycles. The molecule has 4 N–H and O–H groups in total. The van der Waals surface area contributed by atoms with Crippen molar-refractivity contribution in [3.63, 3.8) is 0 Å². The van der Waals surface area contributed by atoms with Crippen LogP contribution in [-0.2, 0) is 4.79 Å². The molecule has 0 radical (unpaired) electrons. The molecule has 2 unspecified atom stereocenters. The summed E-state index contributed by atoms with van der Waals surface area (Å²) >= 11 is 0. The molecule has 1 aromatic carbocycles. The highest BCUT2D eigenvalue weighted by Crippen LogP contribution is 2.23. The Morgan fingerprint density at radius 3 is 2.39 bits per heavy atom. The van der Waals surface area contributed by atoms with Crippen molar-refractivity contribution >= 4 is 17.4 Å². The molecule has 6 heteroatoms. The third kappa shape index (κ3) is 5.25. The van der Waals surface area contributed by atoms with Gasteiger partial charge in [0, 0.05) is 5.56 Å². The lowest BCUT2D eigenvalue weighted by molar-refractivity contribution is -0.140. The van der Waals surface area contributed by atoms with E-state index in [4.69, 9.17) is 10.5 Å². The Morgan fingerprint density at radius 2 is 1.96 bits per heavy atom. The number of benzene rings is 1. The van der Waals surface area contributed by atoms with Gasteiger partial charge in [-0.2, -0.15) is 0 Å². The summed E-state index contributed by atoms with van der Waals surface area (Å²) in [6.45, 7) is 5.74. The number of ketones is 1. The van der Waals surface area contributed by atoms with Crippen molar-refractivity contribution in [3.05, 3.63) is 23.8 Å². The molecule has 0 bridgehead atoms. The van der Waals surface area contributed by atoms with Crippen LogP contribution in [0.15, 0.2) is 18.2 Å². The van der Waals surface area contributed by atoms with Gasteiger partial charge in [-0.3, -0.25) is 14.9 Å². The number of ether oxygens (including phenoxy) is 1. The Hall–Kier alpha value is -2.08. The van der Waals surface area contributed by atoms with Crippen molar-refractivity contribution in [1.29, 1.82) is 0 Å². The molecule has 0 aromatic heterocycles. The number of nitrogens with two attached hydrogens (primary N) is 1. The number of aliphatic carboxylic acids is 1. The van der Waals surface area contributed by atoms with E-state index in [1.165, 1.54) is 7.11 Å². The molecule has 0 fully saturated rings. The van der Waals surface area contributed by atoms with E-state index in [1.807, 2.05) is 20.8 Å². The number of Topliss-reactive ketones (excluding diaryl/α,β-unsaturated/α-hetero) is 1. The Labute approximate surface area is 137 Å². The van der Waals surface area contributed by atoms with E-state index in [9.17, 15) is 14.7 Å². The van der Waals surface area contributed by atoms with E-state index in [-0.39, 0.29) is 11.7 Å². The Kier molecular flexibility index (Phi) is 7.03. The maximum absolute atomic E-state index is 12.6. The minimum Gasteiger partial charge on any atom is -0.495 e. The van der Waals surface area contributed by atoms with E-state index in [0.29, 0.717) is 29.8 Å². The van der Waals surface area contributed by atoms with Crippen molar-refractivity contribution in [2.24, 2.45) is 5.92 Å². The first kappa shape index (κ1) is 19.0. The first-order valence-electron chi connectivity index (χ1n) is 7.76. The minimum atomic E-state index is -0.945. The second-order valence-corrected chi connectivity index (χ2v) is 5.97. The number of methoxy groups -OCH3 is 1. The van der Waals surface area contributed by atoms with E-state index in [0.717, 1.165) is 0 Å². The predicted molar refractivity (Wildman–Crippen MR) is 89.8 cm³/mol. The van der Waals surface area contributed by atoms with Crippen LogP contribution >= 0.6 is 0 Å². The maximum atomic E-state index is 12.6. The second kappa shape index (κ2) is 8.53. The van der Waals surface area contributed by atoms with E-state index in [2.05, 4.69) is 5.32 Å². The summed E-state index contributed by atoms with van der Waals surface area (Å²) in [6.07, 6.45) is 0.955. The van der Waals surface area contributed by atoms with Gasteiger partial charge < -0.3 is 15.6 Å². The van der Waals surface area contributed by atoms with Gasteiger partial charge in [-0.1, -0.05) is 20.8 Å². The zero-order chi connectivity index (χ0) is 17.6. The zero-order valence-electron chi connectivity index (χ0n) is 14.1. The number of hydrogen-bond acceptors (Lipinski definition) is 5. The van der Waals surface area contributed by atoms with E-state index < -0.39 is 18.1 Å². The fourth-order valence-electron chi connectivity index (χ4n) is 2.42. The lowest BCUT2D eigenvalue weighted by Gasteiger charge is -2.23. The topological polar surface area (TPSA) is 102 Å². The van der Waals surface area contributed by atoms with Crippen LogP contribution in [-0.4, -0.2) is 36.1 Å². The lowest BCUT2D eigenvalue weighted by atomic mass is 9.98. The molecular formula is C17H26N2O4. The number of carboxylic acid groups (broad SMARTS) is 1. The van der Waals surface area contributed by atoms with Crippen LogP contribution in [0, 0.1) is 5.92 Å². The Bertz CT molecular complexity index is 558. The number of nitrogen functional groups attached to an aromatic ring is 1. The van der Waals surface area contributed by atoms with Crippen LogP contribution in [0.4, 0.5) is 5.69 Å². The molecule has 0 saturated heterocycles. The number of rotatable bonds is 9. The van der Waals surface area contributed by atoms with Crippen molar-refractivity contribution in [2.75, 3.05) is 12.8 Å². The fraction of sp³-hybridized carbons (Fsp3) is 0.529. The summed E-state index contributed by atoms with van der Waals surface area (Å²) < 4.78 is 5.08. The first-order chi connectivity index (χ1) is 10.8. The highest BCUT2D eigenvalue weighted by atomic mass is 16.5. The number of nitrogens with one attached hydrogen (secondary N) is 1. The standard InChI is InChI=1S/C17H26N2O4/c1-5-13(19-14(17(21)22)8-10(2)3)16(20)11-6-7-15(23-4)12(18)9-11/h6-7,9-10,13-14,19H,5,8,18H2,1-4H3,(H,21,22). The Morgan fingerprint density at radius 1 is 1.30 bits per heavy atom. The SMILES string of the molecule is CCC(NC(CC(C)C)C(=O)O)C(=O)c1ccc(OC)c(N)c1. The third-order valence-corrected chi connectivity index (χ3v) is 3.65. The first-order valence-corrected chi connectivity index (χ1v) is 7.76. The average Bonchev–Trinajstić information content (AvgIpc) is 2.50. The van der Waals surface area contributed by atoms with E-state index in [1.54, 1.807) is 18.2 Å². The summed E-state index contributed by atoms with van der Waals surface area (Å²) in [5.74, 6) is -0.394. The van der Waals surface area contributed by atoms with Gasteiger partial charge in [-0.15, -0.1) is 0 Å². The highest BCUT2D eigenvalue weighted by molar-refractivity contribution is 6.01. The number of carbonyl (C=O) groups excluding carboxylic acids is 1. The zero-order valence-corrected chi connectivity index (χ0v) is 14.1. The summed E-state index contributed by atoms with van der Waals surface area (Å²) in [5, 5.41) is 12.3. The van der Waals surface area contributed by atoms with Gasteiger partial charge in [0.15, 0.2) is 5.78 Å². The highest BCUT2D eigenvalue weighted by Gasteiger charge is 2.26. The monoisotopic (exact) mass is 322 g/mol. The fourth-order valence-corrected chi connectivity index (χ4v) is 2.42. The summed E-state index contributed by atoms with van der Waals surface area (Å²) in [7, 11) is 1.51. The van der Waals surface area contributed by atoms with Crippen molar-refractivity contribution < 1.29 is 19.4 Å². The molecule has 0 aliphatic carbocycles. The van der Waals surface area contributed by atoms with Crippen molar-refractivity contribution in [3.8, 4) is 5.75 Å². The molecule has 2 atom stereocenters. The molecule has 6 nitrogen and oxygen atoms in total. The van der Waals surface area contributed by atoms with Crippen molar-refractivity contribution in [2.45, 2.75) is 45.7 Å².